The topological polar surface area (TPSA) is 91.8 Å². The van der Waals surface area contributed by atoms with Crippen LogP contribution in [0.2, 0.25) is 0 Å². The van der Waals surface area contributed by atoms with Gasteiger partial charge in [-0.3, -0.25) is 4.98 Å². The molecular formula is C19H25N3O3. The second-order valence-corrected chi connectivity index (χ2v) is 7.22. The summed E-state index contributed by atoms with van der Waals surface area (Å²) in [5.41, 5.74) is 9.85. The highest BCUT2D eigenvalue weighted by Crippen LogP contribution is 2.41. The Kier molecular flexibility index (Phi) is 4.17. The van der Waals surface area contributed by atoms with Crippen LogP contribution in [0.25, 0.3) is 10.9 Å². The molecule has 6 heteroatoms. The molecule has 1 saturated heterocycles. The first-order chi connectivity index (χ1) is 12.1. The van der Waals surface area contributed by atoms with Crippen molar-refractivity contribution >= 4 is 16.6 Å². The molecular weight excluding hydrogens is 318 g/mol. The fourth-order valence-corrected chi connectivity index (χ4v) is 4.36. The van der Waals surface area contributed by atoms with Crippen LogP contribution in [0.4, 0.5) is 5.69 Å². The zero-order valence-electron chi connectivity index (χ0n) is 14.5. The maximum atomic E-state index is 9.89. The van der Waals surface area contributed by atoms with Gasteiger partial charge in [0.25, 0.3) is 0 Å². The number of likely N-dealkylation sites (N-methyl/N-ethyl adjacent to an activating group) is 1. The lowest BCUT2D eigenvalue weighted by Gasteiger charge is -2.38. The van der Waals surface area contributed by atoms with E-state index in [1.807, 2.05) is 0 Å². The molecule has 1 aromatic carbocycles. The van der Waals surface area contributed by atoms with E-state index in [2.05, 4.69) is 11.9 Å². The molecule has 2 unspecified atom stereocenters. The average molecular weight is 343 g/mol. The van der Waals surface area contributed by atoms with E-state index in [0.29, 0.717) is 42.3 Å². The molecule has 4 N–H and O–H groups in total. The number of hydrogen-bond acceptors (Lipinski definition) is 6. The number of anilines is 1. The normalized spacial score (nSPS) is 24.8. The third-order valence-corrected chi connectivity index (χ3v) is 5.68. The number of pyridine rings is 1. The minimum atomic E-state index is -0.173. The van der Waals surface area contributed by atoms with Crippen molar-refractivity contribution in [3.05, 3.63) is 23.4 Å². The van der Waals surface area contributed by atoms with Crippen molar-refractivity contribution in [2.45, 2.75) is 37.6 Å². The second kappa shape index (κ2) is 6.35. The second-order valence-electron chi connectivity index (χ2n) is 7.22. The molecule has 4 rings (SSSR count). The third kappa shape index (κ3) is 2.79. The highest BCUT2D eigenvalue weighted by Gasteiger charge is 2.34. The lowest BCUT2D eigenvalue weighted by atomic mass is 9.83. The van der Waals surface area contributed by atoms with Crippen LogP contribution in [0.5, 0.6) is 11.5 Å². The summed E-state index contributed by atoms with van der Waals surface area (Å²) in [5, 5.41) is 20.4. The van der Waals surface area contributed by atoms with E-state index in [4.69, 9.17) is 15.5 Å². The van der Waals surface area contributed by atoms with E-state index in [-0.39, 0.29) is 17.4 Å². The van der Waals surface area contributed by atoms with Crippen molar-refractivity contribution in [3.63, 3.8) is 0 Å². The fourth-order valence-electron chi connectivity index (χ4n) is 4.36. The van der Waals surface area contributed by atoms with E-state index in [1.54, 1.807) is 0 Å². The zero-order valence-corrected chi connectivity index (χ0v) is 14.5. The summed E-state index contributed by atoms with van der Waals surface area (Å²) >= 11 is 0. The number of likely N-dealkylation sites (tertiary alicyclic amines) is 1. The Bertz CT molecular complexity index is 808. The monoisotopic (exact) mass is 343 g/mol. The van der Waals surface area contributed by atoms with Gasteiger partial charge in [-0.05, 0) is 32.5 Å². The van der Waals surface area contributed by atoms with Gasteiger partial charge in [-0.1, -0.05) is 6.42 Å². The minimum absolute atomic E-state index is 0.169. The van der Waals surface area contributed by atoms with Crippen LogP contribution < -0.4 is 5.73 Å². The summed E-state index contributed by atoms with van der Waals surface area (Å²) in [6.07, 6.45) is 4.29. The van der Waals surface area contributed by atoms with Crippen LogP contribution in [0.3, 0.4) is 0 Å². The largest absolute Gasteiger partial charge is 0.504 e. The number of aromatic nitrogens is 1. The number of aromatic hydroxyl groups is 2. The number of benzene rings is 1. The van der Waals surface area contributed by atoms with Crippen molar-refractivity contribution < 1.29 is 14.9 Å². The van der Waals surface area contributed by atoms with E-state index in [0.717, 1.165) is 24.2 Å². The molecule has 0 saturated carbocycles. The van der Waals surface area contributed by atoms with Gasteiger partial charge in [0.2, 0.25) is 0 Å². The van der Waals surface area contributed by atoms with Crippen molar-refractivity contribution in [1.82, 2.24) is 9.88 Å². The summed E-state index contributed by atoms with van der Waals surface area (Å²) in [6.45, 7) is 2.36. The van der Waals surface area contributed by atoms with Crippen LogP contribution >= 0.6 is 0 Å². The molecule has 2 aliphatic heterocycles. The average Bonchev–Trinajstić information content (AvgIpc) is 2.80. The van der Waals surface area contributed by atoms with Gasteiger partial charge in [0.05, 0.1) is 18.7 Å². The first kappa shape index (κ1) is 16.4. The first-order valence-corrected chi connectivity index (χ1v) is 8.98. The Labute approximate surface area is 147 Å². The van der Waals surface area contributed by atoms with Crippen LogP contribution in [0.1, 0.15) is 36.4 Å². The molecule has 0 spiro atoms. The predicted molar refractivity (Wildman–Crippen MR) is 97.0 cm³/mol. The summed E-state index contributed by atoms with van der Waals surface area (Å²) in [6, 6.07) is 3.38. The number of piperidine rings is 1. The number of nitrogens with two attached hydrogens (primary N) is 1. The first-order valence-electron chi connectivity index (χ1n) is 8.98. The maximum absolute atomic E-state index is 9.89. The molecule has 0 bridgehead atoms. The van der Waals surface area contributed by atoms with Gasteiger partial charge >= 0.3 is 0 Å². The highest BCUT2D eigenvalue weighted by atomic mass is 16.5. The summed E-state index contributed by atoms with van der Waals surface area (Å²) < 4.78 is 5.90. The van der Waals surface area contributed by atoms with E-state index in [1.165, 1.54) is 25.0 Å². The Balaban J connectivity index is 1.89. The van der Waals surface area contributed by atoms with Crippen LogP contribution in [0.15, 0.2) is 12.1 Å². The number of phenols is 2. The number of ether oxygens (including phenoxy) is 1. The Hall–Kier alpha value is -2.05. The number of nitrogen functional groups attached to an aromatic ring is 1. The molecule has 1 aromatic heterocycles. The zero-order chi connectivity index (χ0) is 17.6. The van der Waals surface area contributed by atoms with Crippen molar-refractivity contribution in [2.24, 2.45) is 0 Å². The van der Waals surface area contributed by atoms with Crippen molar-refractivity contribution in [1.29, 1.82) is 0 Å². The summed E-state index contributed by atoms with van der Waals surface area (Å²) in [5.74, 6) is -0.166. The summed E-state index contributed by atoms with van der Waals surface area (Å²) in [4.78, 5) is 7.17. The third-order valence-electron chi connectivity index (χ3n) is 5.68. The van der Waals surface area contributed by atoms with Gasteiger partial charge in [0.1, 0.15) is 0 Å². The van der Waals surface area contributed by atoms with E-state index in [9.17, 15) is 10.2 Å². The molecule has 0 amide bonds. The van der Waals surface area contributed by atoms with Crippen LogP contribution in [-0.4, -0.2) is 52.9 Å². The molecule has 2 atom stereocenters. The van der Waals surface area contributed by atoms with Crippen LogP contribution in [-0.2, 0) is 11.2 Å². The molecule has 134 valence electrons. The van der Waals surface area contributed by atoms with E-state index >= 15 is 0 Å². The van der Waals surface area contributed by atoms with Crippen molar-refractivity contribution in [2.75, 3.05) is 32.5 Å². The standard InChI is InChI=1S/C19H25N3O3/c1-22-6-3-2-4-15(22)12-10-25-7-5-13-18(12)19(20)11-8-16(23)17(24)9-14(11)21-13/h8-9,12,15,23-24H,2-7,10H2,1H3,(H2,20,21). The fraction of sp³-hybridized carbons (Fsp3) is 0.526. The minimum Gasteiger partial charge on any atom is -0.504 e. The lowest BCUT2D eigenvalue weighted by Crippen LogP contribution is -2.42. The smallest absolute Gasteiger partial charge is 0.159 e. The predicted octanol–water partition coefficient (Wildman–Crippen LogP) is 2.37. The molecule has 0 aliphatic carbocycles. The highest BCUT2D eigenvalue weighted by molar-refractivity contribution is 5.94. The number of hydrogen-bond donors (Lipinski definition) is 3. The molecule has 2 aromatic rings. The lowest BCUT2D eigenvalue weighted by molar-refractivity contribution is 0.0804. The van der Waals surface area contributed by atoms with Gasteiger partial charge in [-0.15, -0.1) is 0 Å². The maximum Gasteiger partial charge on any atom is 0.159 e. The number of rotatable bonds is 1. The molecule has 3 heterocycles. The Morgan fingerprint density at radius 3 is 2.84 bits per heavy atom. The quantitative estimate of drug-likeness (QED) is 0.689. The van der Waals surface area contributed by atoms with Crippen molar-refractivity contribution in [3.8, 4) is 11.5 Å². The number of nitrogens with zero attached hydrogens (tertiary/aromatic N) is 2. The number of fused-ring (bicyclic) bond motifs is 2. The molecule has 25 heavy (non-hydrogen) atoms. The number of phenolic OH excluding ortho intramolecular Hbond substituents is 2. The Morgan fingerprint density at radius 2 is 2.04 bits per heavy atom. The molecule has 1 fully saturated rings. The SMILES string of the molecule is CN1CCCCC1C1COCCc2nc3cc(O)c(O)cc3c(N)c21. The van der Waals surface area contributed by atoms with E-state index < -0.39 is 0 Å². The molecule has 0 radical (unpaired) electrons. The van der Waals surface area contributed by atoms with Gasteiger partial charge in [0.15, 0.2) is 11.5 Å². The van der Waals surface area contributed by atoms with Gasteiger partial charge < -0.3 is 25.6 Å². The van der Waals surface area contributed by atoms with Gasteiger partial charge in [-0.2, -0.15) is 0 Å². The van der Waals surface area contributed by atoms with Gasteiger partial charge in [0, 0.05) is 46.8 Å². The van der Waals surface area contributed by atoms with Crippen LogP contribution in [0, 0.1) is 0 Å². The molecule has 2 aliphatic rings. The Morgan fingerprint density at radius 1 is 1.24 bits per heavy atom. The van der Waals surface area contributed by atoms with Gasteiger partial charge in [-0.25, -0.2) is 0 Å². The summed E-state index contributed by atoms with van der Waals surface area (Å²) in [7, 11) is 2.17. The molecule has 6 nitrogen and oxygen atoms in total.